The third kappa shape index (κ3) is 8.10. The van der Waals surface area contributed by atoms with Gasteiger partial charge in [-0.05, 0) is 36.4 Å². The van der Waals surface area contributed by atoms with Crippen molar-refractivity contribution in [2.75, 3.05) is 10.6 Å². The number of Topliss-reactive ketones (excluding diaryl/α,β-unsaturated/α-hetero) is 2. The Hall–Kier alpha value is -5.37. The van der Waals surface area contributed by atoms with Crippen molar-refractivity contribution in [1.82, 2.24) is 0 Å². The first kappa shape index (κ1) is 30.6. The minimum atomic E-state index is -5.08. The molecule has 2 N–H and O–H groups in total. The number of nitrogens with one attached hydrogen (secondary N) is 2. The van der Waals surface area contributed by atoms with Crippen LogP contribution in [0, 0.1) is 11.8 Å². The van der Waals surface area contributed by atoms with Gasteiger partial charge in [-0.1, -0.05) is 72.5 Å². The molecule has 2 amide bonds. The Bertz CT molecular complexity index is 1700. The van der Waals surface area contributed by atoms with E-state index in [9.17, 15) is 40.7 Å². The summed E-state index contributed by atoms with van der Waals surface area (Å²) in [5.74, 6) is 4.82. The molecule has 0 unspecified atom stereocenters. The number of para-hydroxylation sites is 1. The maximum Gasteiger partial charge on any atom is 0.416 e. The zero-order valence-corrected chi connectivity index (χ0v) is 21.9. The van der Waals surface area contributed by atoms with Crippen LogP contribution < -0.4 is 10.6 Å². The largest absolute Gasteiger partial charge is 0.416 e. The summed E-state index contributed by atoms with van der Waals surface area (Å²) in [5, 5.41) is 4.36. The zero-order chi connectivity index (χ0) is 31.2. The van der Waals surface area contributed by atoms with E-state index in [1.165, 1.54) is 24.3 Å². The molecule has 0 radical (unpaired) electrons. The van der Waals surface area contributed by atoms with Crippen LogP contribution in [0.25, 0.3) is 0 Å². The fraction of sp³-hybridized carbons (Fsp3) is 0.0938. The normalized spacial score (nSPS) is 11.2. The number of carbonyl (C=O) groups excluding carboxylic acids is 3. The molecule has 0 aliphatic rings. The van der Waals surface area contributed by atoms with Gasteiger partial charge in [0.15, 0.2) is 11.6 Å². The fourth-order valence-electron chi connectivity index (χ4n) is 3.95. The second kappa shape index (κ2) is 12.7. The molecular formula is C32H20F6N2O3. The first-order chi connectivity index (χ1) is 20.3. The van der Waals surface area contributed by atoms with Crippen molar-refractivity contribution in [3.8, 4) is 11.8 Å². The Kier molecular flexibility index (Phi) is 9.00. The number of amides is 2. The van der Waals surface area contributed by atoms with Crippen molar-refractivity contribution < 1.29 is 40.7 Å². The average molecular weight is 595 g/mol. The highest BCUT2D eigenvalue weighted by molar-refractivity contribution is 6.14. The van der Waals surface area contributed by atoms with E-state index in [2.05, 4.69) is 17.2 Å². The first-order valence-electron chi connectivity index (χ1n) is 12.5. The molecule has 0 saturated heterocycles. The maximum absolute atomic E-state index is 13.2. The lowest BCUT2D eigenvalue weighted by molar-refractivity contribution is -0.143. The van der Waals surface area contributed by atoms with Crippen molar-refractivity contribution in [2.45, 2.75) is 18.8 Å². The van der Waals surface area contributed by atoms with E-state index in [4.69, 9.17) is 0 Å². The molecule has 4 aromatic rings. The topological polar surface area (TPSA) is 75.3 Å². The van der Waals surface area contributed by atoms with Crippen molar-refractivity contribution in [3.63, 3.8) is 0 Å². The molecule has 0 aliphatic carbocycles. The number of ketones is 2. The smallest absolute Gasteiger partial charge is 0.308 e. The van der Waals surface area contributed by atoms with Crippen molar-refractivity contribution in [3.05, 3.63) is 130 Å². The van der Waals surface area contributed by atoms with Crippen LogP contribution in [0.5, 0.6) is 0 Å². The lowest BCUT2D eigenvalue weighted by atomic mass is 9.98. The van der Waals surface area contributed by atoms with E-state index in [-0.39, 0.29) is 35.1 Å². The Morgan fingerprint density at radius 2 is 1.14 bits per heavy atom. The SMILES string of the molecule is O=C(Nc1cc(C(F)(F)F)cc(C(F)(F)F)c1)Nc1ccccc1C#Cc1ccccc1C(=O)CC(=O)c1ccccc1. The number of halogens is 6. The highest BCUT2D eigenvalue weighted by Crippen LogP contribution is 2.37. The summed E-state index contributed by atoms with van der Waals surface area (Å²) >= 11 is 0. The van der Waals surface area contributed by atoms with Crippen LogP contribution in [0.4, 0.5) is 42.5 Å². The molecular weight excluding hydrogens is 574 g/mol. The molecule has 0 spiro atoms. The van der Waals surface area contributed by atoms with Gasteiger partial charge in [0.25, 0.3) is 0 Å². The molecule has 11 heteroatoms. The summed E-state index contributed by atoms with van der Waals surface area (Å²) in [4.78, 5) is 38.0. The quantitative estimate of drug-likeness (QED) is 0.102. The number of carbonyl (C=O) groups is 3. The lowest BCUT2D eigenvalue weighted by Gasteiger charge is -2.15. The molecule has 0 aliphatic heterocycles. The highest BCUT2D eigenvalue weighted by Gasteiger charge is 2.37. The Morgan fingerprint density at radius 3 is 1.77 bits per heavy atom. The van der Waals surface area contributed by atoms with Gasteiger partial charge in [-0.25, -0.2) is 4.79 Å². The van der Waals surface area contributed by atoms with Gasteiger partial charge < -0.3 is 10.6 Å². The average Bonchev–Trinajstić information content (AvgIpc) is 2.96. The van der Waals surface area contributed by atoms with E-state index in [0.29, 0.717) is 23.3 Å². The second-order valence-electron chi connectivity index (χ2n) is 9.10. The molecule has 5 nitrogen and oxygen atoms in total. The molecule has 0 saturated carbocycles. The number of alkyl halides is 6. The zero-order valence-electron chi connectivity index (χ0n) is 21.9. The number of hydrogen-bond donors (Lipinski definition) is 2. The summed E-state index contributed by atoms with van der Waals surface area (Å²) in [7, 11) is 0. The maximum atomic E-state index is 13.2. The predicted molar refractivity (Wildman–Crippen MR) is 148 cm³/mol. The molecule has 4 rings (SSSR count). The number of anilines is 2. The van der Waals surface area contributed by atoms with E-state index in [1.54, 1.807) is 54.6 Å². The molecule has 43 heavy (non-hydrogen) atoms. The lowest BCUT2D eigenvalue weighted by Crippen LogP contribution is -2.21. The Morgan fingerprint density at radius 1 is 0.605 bits per heavy atom. The summed E-state index contributed by atoms with van der Waals surface area (Å²) < 4.78 is 79.0. The molecule has 0 bridgehead atoms. The van der Waals surface area contributed by atoms with Crippen LogP contribution in [-0.2, 0) is 12.4 Å². The van der Waals surface area contributed by atoms with Crippen LogP contribution in [0.1, 0.15) is 49.4 Å². The van der Waals surface area contributed by atoms with Crippen LogP contribution in [0.15, 0.2) is 97.1 Å². The number of urea groups is 1. The van der Waals surface area contributed by atoms with Crippen LogP contribution >= 0.6 is 0 Å². The molecule has 0 aromatic heterocycles. The van der Waals surface area contributed by atoms with E-state index < -0.39 is 41.0 Å². The van der Waals surface area contributed by atoms with Crippen LogP contribution in [-0.4, -0.2) is 17.6 Å². The molecule has 4 aromatic carbocycles. The summed E-state index contributed by atoms with van der Waals surface area (Å²) in [6.45, 7) is 0. The minimum Gasteiger partial charge on any atom is -0.308 e. The molecule has 218 valence electrons. The molecule has 0 heterocycles. The van der Waals surface area contributed by atoms with E-state index in [0.717, 1.165) is 0 Å². The highest BCUT2D eigenvalue weighted by atomic mass is 19.4. The standard InChI is InChI=1S/C32H20F6N2O3/c33-31(34,35)23-16-24(32(36,37)38)18-25(17-23)39-30(43)40-27-13-7-5-9-21(27)15-14-20-8-4-6-12-26(20)29(42)19-28(41)22-10-2-1-3-11-22/h1-13,16-18H,19H2,(H2,39,40,43). The van der Waals surface area contributed by atoms with Gasteiger partial charge in [-0.2, -0.15) is 26.3 Å². The first-order valence-corrected chi connectivity index (χ1v) is 12.5. The van der Waals surface area contributed by atoms with Crippen LogP contribution in [0.3, 0.4) is 0 Å². The van der Waals surface area contributed by atoms with Gasteiger partial charge in [0, 0.05) is 27.9 Å². The number of rotatable bonds is 6. The Balaban J connectivity index is 1.54. The summed E-state index contributed by atoms with van der Waals surface area (Å²) in [6, 6.07) is 20.3. The third-order valence-corrected chi connectivity index (χ3v) is 6.00. The predicted octanol–water partition coefficient (Wildman–Crippen LogP) is 8.22. The summed E-state index contributed by atoms with van der Waals surface area (Å²) in [6.07, 6.45) is -10.5. The van der Waals surface area contributed by atoms with Gasteiger partial charge in [-0.15, -0.1) is 0 Å². The third-order valence-electron chi connectivity index (χ3n) is 6.00. The van der Waals surface area contributed by atoms with E-state index >= 15 is 0 Å². The monoisotopic (exact) mass is 594 g/mol. The van der Waals surface area contributed by atoms with Crippen LogP contribution in [0.2, 0.25) is 0 Å². The second-order valence-corrected chi connectivity index (χ2v) is 9.10. The van der Waals surface area contributed by atoms with Gasteiger partial charge in [0.2, 0.25) is 0 Å². The van der Waals surface area contributed by atoms with E-state index in [1.807, 2.05) is 5.32 Å². The van der Waals surface area contributed by atoms with Gasteiger partial charge in [0.1, 0.15) is 0 Å². The fourth-order valence-corrected chi connectivity index (χ4v) is 3.95. The molecule has 0 fully saturated rings. The van der Waals surface area contributed by atoms with Crippen molar-refractivity contribution >= 4 is 29.0 Å². The van der Waals surface area contributed by atoms with Gasteiger partial charge in [0.05, 0.1) is 23.2 Å². The Labute approximate surface area is 241 Å². The number of hydrogen-bond acceptors (Lipinski definition) is 3. The molecule has 0 atom stereocenters. The summed E-state index contributed by atoms with van der Waals surface area (Å²) in [5.41, 5.74) is -2.66. The van der Waals surface area contributed by atoms with Crippen molar-refractivity contribution in [1.29, 1.82) is 0 Å². The van der Waals surface area contributed by atoms with Crippen molar-refractivity contribution in [2.24, 2.45) is 0 Å². The minimum absolute atomic E-state index is 0.0475. The number of benzene rings is 4. The van der Waals surface area contributed by atoms with Gasteiger partial charge >= 0.3 is 18.4 Å². The van der Waals surface area contributed by atoms with Gasteiger partial charge in [-0.3, -0.25) is 9.59 Å².